The van der Waals surface area contributed by atoms with Gasteiger partial charge in [-0.2, -0.15) is 0 Å². The lowest BCUT2D eigenvalue weighted by Gasteiger charge is -2.36. The number of rotatable bonds is 2. The average Bonchev–Trinajstić information content (AvgIpc) is 2.24. The van der Waals surface area contributed by atoms with Crippen LogP contribution in [0.2, 0.25) is 0 Å². The predicted octanol–water partition coefficient (Wildman–Crippen LogP) is 3.19. The Bertz CT molecular complexity index is 425. The molecule has 0 unspecified atom stereocenters. The molecule has 0 N–H and O–H groups in total. The lowest BCUT2D eigenvalue weighted by Crippen LogP contribution is -2.34. The summed E-state index contributed by atoms with van der Waals surface area (Å²) in [4.78, 5) is 10.9. The van der Waals surface area contributed by atoms with Crippen LogP contribution >= 0.6 is 0 Å². The van der Waals surface area contributed by atoms with Crippen LogP contribution in [0.5, 0.6) is 0 Å². The van der Waals surface area contributed by atoms with E-state index < -0.39 is 0 Å². The number of carbonyl (C=O) groups excluding carboxylic acids is 1. The summed E-state index contributed by atoms with van der Waals surface area (Å²) in [6, 6.07) is 10.0. The van der Waals surface area contributed by atoms with Crippen molar-refractivity contribution < 1.29 is 4.79 Å². The Kier molecular flexibility index (Phi) is 3.10. The van der Waals surface area contributed by atoms with Gasteiger partial charge in [-0.05, 0) is 24.0 Å². The maximum absolute atomic E-state index is 10.9. The van der Waals surface area contributed by atoms with E-state index in [1.807, 2.05) is 30.3 Å². The van der Waals surface area contributed by atoms with Crippen LogP contribution in [0.1, 0.15) is 38.2 Å². The van der Waals surface area contributed by atoms with Crippen molar-refractivity contribution in [1.29, 1.82) is 0 Å². The van der Waals surface area contributed by atoms with Gasteiger partial charge in [0.2, 0.25) is 0 Å². The Morgan fingerprint density at radius 2 is 1.94 bits per heavy atom. The van der Waals surface area contributed by atoms with Crippen LogP contribution < -0.4 is 0 Å². The summed E-state index contributed by atoms with van der Waals surface area (Å²) in [5.74, 6) is 6.72. The minimum atomic E-state index is 0.239. The first-order valence-electron chi connectivity index (χ1n) is 5.74. The van der Waals surface area contributed by atoms with Gasteiger partial charge in [0.1, 0.15) is 5.78 Å². The van der Waals surface area contributed by atoms with Gasteiger partial charge in [0.05, 0.1) is 0 Å². The quantitative estimate of drug-likeness (QED) is 0.688. The van der Waals surface area contributed by atoms with Crippen LogP contribution in [0.4, 0.5) is 0 Å². The second-order valence-corrected chi connectivity index (χ2v) is 4.87. The van der Waals surface area contributed by atoms with E-state index in [2.05, 4.69) is 18.8 Å². The molecule has 0 aliphatic heterocycles. The first-order chi connectivity index (χ1) is 7.68. The summed E-state index contributed by atoms with van der Waals surface area (Å²) in [5, 5.41) is 0. The van der Waals surface area contributed by atoms with Crippen molar-refractivity contribution in [2.75, 3.05) is 0 Å². The van der Waals surface area contributed by atoms with Crippen LogP contribution in [0.15, 0.2) is 30.3 Å². The maximum Gasteiger partial charge on any atom is 0.134 e. The largest absolute Gasteiger partial charge is 0.300 e. The second kappa shape index (κ2) is 4.53. The normalized spacial score (nSPS) is 17.2. The van der Waals surface area contributed by atoms with Crippen LogP contribution in [-0.2, 0) is 4.79 Å². The zero-order chi connectivity index (χ0) is 11.4. The fourth-order valence-electron chi connectivity index (χ4n) is 2.13. The van der Waals surface area contributed by atoms with E-state index in [1.165, 1.54) is 0 Å². The van der Waals surface area contributed by atoms with Gasteiger partial charge in [0, 0.05) is 24.8 Å². The number of benzene rings is 1. The highest BCUT2D eigenvalue weighted by Crippen LogP contribution is 2.41. The molecule has 16 heavy (non-hydrogen) atoms. The van der Waals surface area contributed by atoms with Crippen molar-refractivity contribution in [3.05, 3.63) is 35.9 Å². The standard InChI is InChI=1S/C15H16O/c1-15(11-14(16)12-15)10-6-5-9-13-7-3-2-4-8-13/h2-4,7-8H,6,10-12H2,1H3. The fourth-order valence-corrected chi connectivity index (χ4v) is 2.13. The Morgan fingerprint density at radius 3 is 2.56 bits per heavy atom. The molecule has 1 aromatic carbocycles. The summed E-state index contributed by atoms with van der Waals surface area (Å²) in [6.07, 6.45) is 3.43. The van der Waals surface area contributed by atoms with Gasteiger partial charge in [-0.3, -0.25) is 4.79 Å². The van der Waals surface area contributed by atoms with E-state index in [-0.39, 0.29) is 5.41 Å². The molecule has 1 saturated carbocycles. The van der Waals surface area contributed by atoms with Crippen molar-refractivity contribution >= 4 is 5.78 Å². The zero-order valence-electron chi connectivity index (χ0n) is 9.62. The summed E-state index contributed by atoms with van der Waals surface area (Å²) in [5.41, 5.74) is 1.31. The van der Waals surface area contributed by atoms with Gasteiger partial charge in [0.15, 0.2) is 0 Å². The highest BCUT2D eigenvalue weighted by atomic mass is 16.1. The van der Waals surface area contributed by atoms with Crippen LogP contribution in [0, 0.1) is 17.3 Å². The molecule has 2 rings (SSSR count). The first kappa shape index (κ1) is 11.0. The third-order valence-corrected chi connectivity index (χ3v) is 3.11. The number of hydrogen-bond donors (Lipinski definition) is 0. The molecule has 0 spiro atoms. The fraction of sp³-hybridized carbons (Fsp3) is 0.400. The van der Waals surface area contributed by atoms with Gasteiger partial charge in [-0.15, -0.1) is 0 Å². The van der Waals surface area contributed by atoms with E-state index in [0.717, 1.165) is 31.2 Å². The van der Waals surface area contributed by atoms with Crippen LogP contribution in [0.25, 0.3) is 0 Å². The SMILES string of the molecule is CC1(CCC#Cc2ccccc2)CC(=O)C1. The van der Waals surface area contributed by atoms with E-state index in [0.29, 0.717) is 5.78 Å². The number of Topliss-reactive ketones (excluding diaryl/α,β-unsaturated/α-hetero) is 1. The minimum Gasteiger partial charge on any atom is -0.300 e. The summed E-state index contributed by atoms with van der Waals surface area (Å²) in [7, 11) is 0. The third-order valence-electron chi connectivity index (χ3n) is 3.11. The molecule has 0 heterocycles. The topological polar surface area (TPSA) is 17.1 Å². The molecule has 1 aliphatic carbocycles. The van der Waals surface area contributed by atoms with Crippen molar-refractivity contribution in [3.8, 4) is 11.8 Å². The number of carbonyl (C=O) groups is 1. The van der Waals surface area contributed by atoms with Crippen molar-refractivity contribution in [2.24, 2.45) is 5.41 Å². The predicted molar refractivity (Wildman–Crippen MR) is 64.9 cm³/mol. The van der Waals surface area contributed by atoms with Gasteiger partial charge < -0.3 is 0 Å². The van der Waals surface area contributed by atoms with E-state index in [9.17, 15) is 4.79 Å². The molecule has 1 nitrogen and oxygen atoms in total. The molecule has 0 radical (unpaired) electrons. The molecule has 82 valence electrons. The highest BCUT2D eigenvalue weighted by Gasteiger charge is 2.37. The van der Waals surface area contributed by atoms with Gasteiger partial charge in [-0.25, -0.2) is 0 Å². The molecule has 0 saturated heterocycles. The Labute approximate surface area is 96.9 Å². The number of ketones is 1. The summed E-state index contributed by atoms with van der Waals surface area (Å²) >= 11 is 0. The maximum atomic E-state index is 10.9. The molecule has 0 atom stereocenters. The van der Waals surface area contributed by atoms with Crippen LogP contribution in [-0.4, -0.2) is 5.78 Å². The monoisotopic (exact) mass is 212 g/mol. The third kappa shape index (κ3) is 2.73. The van der Waals surface area contributed by atoms with E-state index in [4.69, 9.17) is 0 Å². The highest BCUT2D eigenvalue weighted by molar-refractivity contribution is 5.85. The molecular weight excluding hydrogens is 196 g/mol. The van der Waals surface area contributed by atoms with E-state index in [1.54, 1.807) is 0 Å². The lowest BCUT2D eigenvalue weighted by atomic mass is 9.67. The molecule has 1 aromatic rings. The summed E-state index contributed by atoms with van der Waals surface area (Å²) < 4.78 is 0. The smallest absolute Gasteiger partial charge is 0.134 e. The Morgan fingerprint density at radius 1 is 1.25 bits per heavy atom. The number of hydrogen-bond acceptors (Lipinski definition) is 1. The molecule has 1 aliphatic rings. The van der Waals surface area contributed by atoms with E-state index >= 15 is 0 Å². The minimum absolute atomic E-state index is 0.239. The molecule has 1 heteroatoms. The molecule has 0 amide bonds. The van der Waals surface area contributed by atoms with Gasteiger partial charge in [0.25, 0.3) is 0 Å². The second-order valence-electron chi connectivity index (χ2n) is 4.87. The molecule has 0 aromatic heterocycles. The zero-order valence-corrected chi connectivity index (χ0v) is 9.62. The van der Waals surface area contributed by atoms with Crippen LogP contribution in [0.3, 0.4) is 0 Å². The van der Waals surface area contributed by atoms with Gasteiger partial charge >= 0.3 is 0 Å². The lowest BCUT2D eigenvalue weighted by molar-refractivity contribution is -0.131. The molecule has 0 bridgehead atoms. The average molecular weight is 212 g/mol. The first-order valence-corrected chi connectivity index (χ1v) is 5.74. The molecular formula is C15H16O. The van der Waals surface area contributed by atoms with Crippen molar-refractivity contribution in [3.63, 3.8) is 0 Å². The molecule has 1 fully saturated rings. The Balaban J connectivity index is 1.81. The van der Waals surface area contributed by atoms with Gasteiger partial charge in [-0.1, -0.05) is 37.0 Å². The van der Waals surface area contributed by atoms with Crippen molar-refractivity contribution in [2.45, 2.75) is 32.6 Å². The van der Waals surface area contributed by atoms with Crippen molar-refractivity contribution in [1.82, 2.24) is 0 Å². The summed E-state index contributed by atoms with van der Waals surface area (Å²) in [6.45, 7) is 2.18. The Hall–Kier alpha value is -1.55.